The van der Waals surface area contributed by atoms with Crippen LogP contribution in [0.15, 0.2) is 10.7 Å². The summed E-state index contributed by atoms with van der Waals surface area (Å²) in [4.78, 5) is 2.66. The lowest BCUT2D eigenvalue weighted by Gasteiger charge is -2.44. The van der Waals surface area contributed by atoms with Crippen molar-refractivity contribution in [2.24, 2.45) is 7.05 Å². The maximum Gasteiger partial charge on any atom is 0.0711 e. The Labute approximate surface area is 137 Å². The highest BCUT2D eigenvalue weighted by Crippen LogP contribution is 2.35. The van der Waals surface area contributed by atoms with Gasteiger partial charge in [0.1, 0.15) is 0 Å². The van der Waals surface area contributed by atoms with Gasteiger partial charge in [-0.1, -0.05) is 19.8 Å². The van der Waals surface area contributed by atoms with E-state index in [0.717, 1.165) is 11.0 Å². The summed E-state index contributed by atoms with van der Waals surface area (Å²) >= 11 is 3.68. The Morgan fingerprint density at radius 1 is 1.29 bits per heavy atom. The summed E-state index contributed by atoms with van der Waals surface area (Å²) in [5.41, 5.74) is 1.31. The van der Waals surface area contributed by atoms with Gasteiger partial charge in [0.15, 0.2) is 0 Å². The number of likely N-dealkylation sites (tertiary alicyclic amines) is 1. The van der Waals surface area contributed by atoms with Gasteiger partial charge in [-0.05, 0) is 62.3 Å². The topological polar surface area (TPSA) is 33.1 Å². The van der Waals surface area contributed by atoms with Gasteiger partial charge < -0.3 is 5.32 Å². The molecule has 1 N–H and O–H groups in total. The van der Waals surface area contributed by atoms with Gasteiger partial charge in [-0.25, -0.2) is 0 Å². The molecule has 1 fully saturated rings. The Balaban J connectivity index is 2.31. The number of hydrogen-bond donors (Lipinski definition) is 1. The first kappa shape index (κ1) is 17.0. The Hall–Kier alpha value is -0.390. The molecule has 0 aliphatic carbocycles. The van der Waals surface area contributed by atoms with Crippen LogP contribution in [-0.4, -0.2) is 39.9 Å². The highest BCUT2D eigenvalue weighted by molar-refractivity contribution is 9.10. The molecule has 2 rings (SSSR count). The van der Waals surface area contributed by atoms with Crippen LogP contribution in [0.5, 0.6) is 0 Å². The van der Waals surface area contributed by atoms with Crippen LogP contribution < -0.4 is 5.32 Å². The van der Waals surface area contributed by atoms with Crippen LogP contribution in [0.1, 0.15) is 58.2 Å². The molecule has 1 unspecified atom stereocenters. The first-order valence-corrected chi connectivity index (χ1v) is 8.93. The number of likely N-dealkylation sites (N-methyl/N-ethyl adjacent to an activating group) is 1. The zero-order valence-corrected chi connectivity index (χ0v) is 15.4. The van der Waals surface area contributed by atoms with Crippen molar-refractivity contribution >= 4 is 15.9 Å². The van der Waals surface area contributed by atoms with Gasteiger partial charge in [-0.3, -0.25) is 9.58 Å². The number of nitrogens with one attached hydrogen (secondary N) is 1. The first-order chi connectivity index (χ1) is 9.98. The minimum atomic E-state index is 0.0661. The molecule has 1 aliphatic rings. The predicted octanol–water partition coefficient (Wildman–Crippen LogP) is 3.49. The Kier molecular flexibility index (Phi) is 5.86. The number of rotatable bonds is 5. The summed E-state index contributed by atoms with van der Waals surface area (Å²) in [6.45, 7) is 10.3. The van der Waals surface area contributed by atoms with Crippen LogP contribution in [0.2, 0.25) is 0 Å². The van der Waals surface area contributed by atoms with Gasteiger partial charge in [0.05, 0.1) is 22.4 Å². The summed E-state index contributed by atoms with van der Waals surface area (Å²) in [5.74, 6) is 0. The normalized spacial score (nSPS) is 19.5. The second-order valence-electron chi connectivity index (χ2n) is 6.55. The van der Waals surface area contributed by atoms with Gasteiger partial charge in [0.25, 0.3) is 0 Å². The van der Waals surface area contributed by atoms with Crippen molar-refractivity contribution in [2.75, 3.05) is 19.6 Å². The van der Waals surface area contributed by atoms with Crippen molar-refractivity contribution in [3.8, 4) is 0 Å². The molecule has 5 heteroatoms. The molecule has 0 amide bonds. The maximum atomic E-state index is 4.41. The fourth-order valence-corrected chi connectivity index (χ4v) is 4.04. The number of hydrogen-bond acceptors (Lipinski definition) is 3. The van der Waals surface area contributed by atoms with E-state index in [9.17, 15) is 0 Å². The standard InChI is InChI=1S/C16H29BrN4/c1-5-18-15(14-13(17)12-19-20(14)4)16(2,3)21-10-8-6-7-9-11-21/h12,15,18H,5-11H2,1-4H3. The summed E-state index contributed by atoms with van der Waals surface area (Å²) in [6.07, 6.45) is 7.27. The second-order valence-corrected chi connectivity index (χ2v) is 7.40. The molecule has 4 nitrogen and oxygen atoms in total. The van der Waals surface area contributed by atoms with Crippen molar-refractivity contribution in [2.45, 2.75) is 58.0 Å². The molecule has 0 aromatic carbocycles. The molecule has 1 aromatic heterocycles. The molecule has 2 heterocycles. The third kappa shape index (κ3) is 3.69. The molecule has 0 saturated carbocycles. The van der Waals surface area contributed by atoms with Crippen molar-refractivity contribution in [3.63, 3.8) is 0 Å². The molecular formula is C16H29BrN4. The van der Waals surface area contributed by atoms with Crippen molar-refractivity contribution in [1.29, 1.82) is 0 Å². The van der Waals surface area contributed by atoms with E-state index in [1.165, 1.54) is 44.5 Å². The minimum absolute atomic E-state index is 0.0661. The van der Waals surface area contributed by atoms with Gasteiger partial charge in [-0.15, -0.1) is 0 Å². The highest BCUT2D eigenvalue weighted by Gasteiger charge is 2.38. The lowest BCUT2D eigenvalue weighted by atomic mass is 9.89. The Morgan fingerprint density at radius 2 is 1.90 bits per heavy atom. The van der Waals surface area contributed by atoms with Crippen molar-refractivity contribution in [3.05, 3.63) is 16.4 Å². The lowest BCUT2D eigenvalue weighted by Crippen LogP contribution is -2.53. The summed E-state index contributed by atoms with van der Waals surface area (Å²) in [7, 11) is 2.03. The van der Waals surface area contributed by atoms with Crippen LogP contribution in [0.4, 0.5) is 0 Å². The molecule has 120 valence electrons. The molecule has 1 atom stereocenters. The number of aromatic nitrogens is 2. The molecular weight excluding hydrogens is 328 g/mol. The fourth-order valence-electron chi connectivity index (χ4n) is 3.46. The van der Waals surface area contributed by atoms with E-state index < -0.39 is 0 Å². The van der Waals surface area contributed by atoms with Crippen molar-refractivity contribution in [1.82, 2.24) is 20.0 Å². The molecule has 1 aromatic rings. The van der Waals surface area contributed by atoms with Crippen LogP contribution >= 0.6 is 15.9 Å². The quantitative estimate of drug-likeness (QED) is 0.876. The number of aryl methyl sites for hydroxylation is 1. The van der Waals surface area contributed by atoms with Crippen LogP contribution in [-0.2, 0) is 7.05 Å². The predicted molar refractivity (Wildman–Crippen MR) is 91.4 cm³/mol. The van der Waals surface area contributed by atoms with Gasteiger partial charge in [-0.2, -0.15) is 5.10 Å². The zero-order chi connectivity index (χ0) is 15.5. The van der Waals surface area contributed by atoms with E-state index in [4.69, 9.17) is 0 Å². The van der Waals surface area contributed by atoms with E-state index in [1.54, 1.807) is 0 Å². The van der Waals surface area contributed by atoms with Gasteiger partial charge in [0, 0.05) is 12.6 Å². The Bertz CT molecular complexity index is 428. The summed E-state index contributed by atoms with van der Waals surface area (Å²) in [5, 5.41) is 8.10. The molecule has 0 spiro atoms. The van der Waals surface area contributed by atoms with Crippen LogP contribution in [0, 0.1) is 0 Å². The molecule has 1 saturated heterocycles. The average molecular weight is 357 g/mol. The smallest absolute Gasteiger partial charge is 0.0711 e. The monoisotopic (exact) mass is 356 g/mol. The third-order valence-corrected chi connectivity index (χ3v) is 5.36. The molecule has 0 radical (unpaired) electrons. The average Bonchev–Trinajstić information content (AvgIpc) is 2.68. The number of halogens is 1. The highest BCUT2D eigenvalue weighted by atomic mass is 79.9. The zero-order valence-electron chi connectivity index (χ0n) is 13.8. The molecule has 0 bridgehead atoms. The van der Waals surface area contributed by atoms with Crippen molar-refractivity contribution < 1.29 is 0 Å². The molecule has 1 aliphatic heterocycles. The fraction of sp³-hybridized carbons (Fsp3) is 0.812. The lowest BCUT2D eigenvalue weighted by molar-refractivity contribution is 0.0806. The van der Waals surface area contributed by atoms with Gasteiger partial charge in [0.2, 0.25) is 0 Å². The van der Waals surface area contributed by atoms with E-state index in [1.807, 2.05) is 17.9 Å². The SMILES string of the molecule is CCNC(c1c(Br)cnn1C)C(C)(C)N1CCCCCC1. The van der Waals surface area contributed by atoms with E-state index in [2.05, 4.69) is 52.0 Å². The van der Waals surface area contributed by atoms with Crippen LogP contribution in [0.3, 0.4) is 0 Å². The van der Waals surface area contributed by atoms with E-state index >= 15 is 0 Å². The summed E-state index contributed by atoms with van der Waals surface area (Å²) < 4.78 is 3.09. The van der Waals surface area contributed by atoms with E-state index in [0.29, 0.717) is 0 Å². The summed E-state index contributed by atoms with van der Waals surface area (Å²) in [6, 6.07) is 0.266. The molecule has 21 heavy (non-hydrogen) atoms. The van der Waals surface area contributed by atoms with Gasteiger partial charge >= 0.3 is 0 Å². The largest absolute Gasteiger partial charge is 0.307 e. The minimum Gasteiger partial charge on any atom is -0.307 e. The maximum absolute atomic E-state index is 4.41. The second kappa shape index (κ2) is 7.25. The van der Waals surface area contributed by atoms with E-state index in [-0.39, 0.29) is 11.6 Å². The third-order valence-electron chi connectivity index (χ3n) is 4.75. The number of nitrogens with zero attached hydrogens (tertiary/aromatic N) is 3. The Morgan fingerprint density at radius 3 is 2.38 bits per heavy atom. The van der Waals surface area contributed by atoms with Crippen LogP contribution in [0.25, 0.3) is 0 Å². The first-order valence-electron chi connectivity index (χ1n) is 8.14.